The van der Waals surface area contributed by atoms with Crippen molar-refractivity contribution in [3.05, 3.63) is 29.3 Å². The van der Waals surface area contributed by atoms with Crippen molar-refractivity contribution in [2.24, 2.45) is 10.7 Å². The summed E-state index contributed by atoms with van der Waals surface area (Å²) in [5, 5.41) is 0.807. The number of benzene rings is 1. The predicted octanol–water partition coefficient (Wildman–Crippen LogP) is 2.41. The highest BCUT2D eigenvalue weighted by atomic mass is 127. The summed E-state index contributed by atoms with van der Waals surface area (Å²) in [7, 11) is 0. The highest BCUT2D eigenvalue weighted by molar-refractivity contribution is 14.0. The van der Waals surface area contributed by atoms with Crippen LogP contribution in [0.5, 0.6) is 0 Å². The summed E-state index contributed by atoms with van der Waals surface area (Å²) in [6.45, 7) is 6.35. The Labute approximate surface area is 136 Å². The lowest BCUT2D eigenvalue weighted by atomic mass is 10.2. The van der Waals surface area contributed by atoms with Crippen LogP contribution in [0.1, 0.15) is 6.92 Å². The van der Waals surface area contributed by atoms with Gasteiger partial charge >= 0.3 is 0 Å². The Morgan fingerprint density at radius 1 is 1.26 bits per heavy atom. The van der Waals surface area contributed by atoms with Crippen molar-refractivity contribution < 1.29 is 0 Å². The minimum atomic E-state index is 0. The van der Waals surface area contributed by atoms with Crippen LogP contribution in [0, 0.1) is 0 Å². The average molecular weight is 395 g/mol. The van der Waals surface area contributed by atoms with Crippen LogP contribution in [0.3, 0.4) is 0 Å². The number of halogens is 2. The standard InChI is InChI=1S/C13H19ClN4.HI/c1-2-16-13(15)18-9-7-17(8-10-18)12-6-4-3-5-11(12)14;/h3-6H,2,7-10H2,1H3,(H2,15,16);1H. The molecule has 2 N–H and O–H groups in total. The van der Waals surface area contributed by atoms with Gasteiger partial charge in [0, 0.05) is 32.7 Å². The van der Waals surface area contributed by atoms with Gasteiger partial charge in [0.15, 0.2) is 5.96 Å². The molecule has 1 saturated heterocycles. The third-order valence-corrected chi connectivity index (χ3v) is 3.44. The number of anilines is 1. The molecule has 1 aliphatic heterocycles. The van der Waals surface area contributed by atoms with Crippen molar-refractivity contribution in [2.75, 3.05) is 37.6 Å². The third-order valence-electron chi connectivity index (χ3n) is 3.12. The van der Waals surface area contributed by atoms with Crippen molar-refractivity contribution in [3.63, 3.8) is 0 Å². The topological polar surface area (TPSA) is 44.9 Å². The first-order valence-corrected chi connectivity index (χ1v) is 6.64. The van der Waals surface area contributed by atoms with Gasteiger partial charge in [0.1, 0.15) is 0 Å². The largest absolute Gasteiger partial charge is 0.370 e. The highest BCUT2D eigenvalue weighted by Crippen LogP contribution is 2.25. The molecule has 0 spiro atoms. The number of para-hydroxylation sites is 1. The van der Waals surface area contributed by atoms with Gasteiger partial charge in [-0.3, -0.25) is 4.99 Å². The Hall–Kier alpha value is -0.690. The lowest BCUT2D eigenvalue weighted by Gasteiger charge is -2.36. The summed E-state index contributed by atoms with van der Waals surface area (Å²) in [6.07, 6.45) is 0. The van der Waals surface area contributed by atoms with Crippen LogP contribution < -0.4 is 10.6 Å². The number of guanidine groups is 1. The highest BCUT2D eigenvalue weighted by Gasteiger charge is 2.19. The van der Waals surface area contributed by atoms with E-state index >= 15 is 0 Å². The molecule has 0 aliphatic carbocycles. The van der Waals surface area contributed by atoms with Crippen LogP contribution >= 0.6 is 35.6 Å². The van der Waals surface area contributed by atoms with E-state index in [0.717, 1.165) is 43.4 Å². The first kappa shape index (κ1) is 16.4. The summed E-state index contributed by atoms with van der Waals surface area (Å²) in [6, 6.07) is 7.95. The average Bonchev–Trinajstić information content (AvgIpc) is 2.40. The van der Waals surface area contributed by atoms with Gasteiger partial charge in [0.25, 0.3) is 0 Å². The second-order valence-electron chi connectivity index (χ2n) is 4.26. The monoisotopic (exact) mass is 394 g/mol. The quantitative estimate of drug-likeness (QED) is 0.476. The Balaban J connectivity index is 0.00000180. The number of nitrogens with two attached hydrogens (primary N) is 1. The van der Waals surface area contributed by atoms with Crippen LogP contribution in [-0.2, 0) is 0 Å². The van der Waals surface area contributed by atoms with Crippen molar-refractivity contribution in [3.8, 4) is 0 Å². The molecular formula is C13H20ClIN4. The smallest absolute Gasteiger partial charge is 0.191 e. The minimum absolute atomic E-state index is 0. The normalized spacial score (nSPS) is 16.2. The third kappa shape index (κ3) is 4.14. The van der Waals surface area contributed by atoms with Gasteiger partial charge in [0.05, 0.1) is 10.7 Å². The van der Waals surface area contributed by atoms with Crippen molar-refractivity contribution in [1.82, 2.24) is 4.90 Å². The van der Waals surface area contributed by atoms with Gasteiger partial charge in [-0.05, 0) is 19.1 Å². The maximum Gasteiger partial charge on any atom is 0.191 e. The van der Waals surface area contributed by atoms with E-state index in [0.29, 0.717) is 5.96 Å². The molecule has 1 aromatic rings. The van der Waals surface area contributed by atoms with Gasteiger partial charge in [-0.1, -0.05) is 23.7 Å². The zero-order valence-electron chi connectivity index (χ0n) is 11.1. The van der Waals surface area contributed by atoms with Crippen LogP contribution in [0.2, 0.25) is 5.02 Å². The maximum absolute atomic E-state index is 6.20. The molecule has 0 amide bonds. The summed E-state index contributed by atoms with van der Waals surface area (Å²) in [5.41, 5.74) is 7.01. The zero-order valence-corrected chi connectivity index (χ0v) is 14.1. The van der Waals surface area contributed by atoms with Gasteiger partial charge in [-0.2, -0.15) is 0 Å². The second-order valence-corrected chi connectivity index (χ2v) is 4.67. The molecule has 2 rings (SSSR count). The molecule has 19 heavy (non-hydrogen) atoms. The van der Waals surface area contributed by atoms with E-state index in [1.54, 1.807) is 0 Å². The van der Waals surface area contributed by atoms with E-state index in [2.05, 4.69) is 20.9 Å². The van der Waals surface area contributed by atoms with E-state index < -0.39 is 0 Å². The predicted molar refractivity (Wildman–Crippen MR) is 92.8 cm³/mol. The Morgan fingerprint density at radius 2 is 1.89 bits per heavy atom. The molecule has 0 unspecified atom stereocenters. The summed E-state index contributed by atoms with van der Waals surface area (Å²) in [4.78, 5) is 8.65. The van der Waals surface area contributed by atoms with E-state index in [4.69, 9.17) is 17.3 Å². The summed E-state index contributed by atoms with van der Waals surface area (Å²) in [5.74, 6) is 0.649. The van der Waals surface area contributed by atoms with Crippen molar-refractivity contribution >= 4 is 47.2 Å². The Morgan fingerprint density at radius 3 is 2.47 bits per heavy atom. The first-order valence-electron chi connectivity index (χ1n) is 6.26. The number of aliphatic imine (C=N–C) groups is 1. The molecule has 6 heteroatoms. The van der Waals surface area contributed by atoms with Crippen LogP contribution in [0.25, 0.3) is 0 Å². The van der Waals surface area contributed by atoms with E-state index in [1.807, 2.05) is 25.1 Å². The molecular weight excluding hydrogens is 375 g/mol. The van der Waals surface area contributed by atoms with Gasteiger partial charge in [-0.25, -0.2) is 0 Å². The van der Waals surface area contributed by atoms with E-state index in [9.17, 15) is 0 Å². The summed E-state index contributed by atoms with van der Waals surface area (Å²) < 4.78 is 0. The molecule has 0 radical (unpaired) electrons. The van der Waals surface area contributed by atoms with Crippen LogP contribution in [-0.4, -0.2) is 43.6 Å². The molecule has 106 valence electrons. The van der Waals surface area contributed by atoms with Crippen molar-refractivity contribution in [2.45, 2.75) is 6.92 Å². The molecule has 1 fully saturated rings. The Bertz CT molecular complexity index is 430. The molecule has 1 aromatic carbocycles. The molecule has 1 aliphatic rings. The molecule has 0 aromatic heterocycles. The van der Waals surface area contributed by atoms with Gasteiger partial charge in [0.2, 0.25) is 0 Å². The first-order chi connectivity index (χ1) is 8.72. The molecule has 0 bridgehead atoms. The Kier molecular flexibility index (Phi) is 6.71. The minimum Gasteiger partial charge on any atom is -0.370 e. The summed E-state index contributed by atoms with van der Waals surface area (Å²) >= 11 is 6.20. The van der Waals surface area contributed by atoms with Crippen LogP contribution in [0.15, 0.2) is 29.3 Å². The number of hydrogen-bond donors (Lipinski definition) is 1. The number of hydrogen-bond acceptors (Lipinski definition) is 2. The maximum atomic E-state index is 6.20. The molecule has 4 nitrogen and oxygen atoms in total. The van der Waals surface area contributed by atoms with Crippen molar-refractivity contribution in [1.29, 1.82) is 0 Å². The second kappa shape index (κ2) is 7.79. The SMILES string of the molecule is CCN=C(N)N1CCN(c2ccccc2Cl)CC1.I. The zero-order chi connectivity index (χ0) is 13.0. The van der Waals surface area contributed by atoms with Gasteiger partial charge < -0.3 is 15.5 Å². The van der Waals surface area contributed by atoms with Crippen LogP contribution in [0.4, 0.5) is 5.69 Å². The number of piperazine rings is 1. The fourth-order valence-electron chi connectivity index (χ4n) is 2.15. The number of rotatable bonds is 2. The van der Waals surface area contributed by atoms with Gasteiger partial charge in [-0.15, -0.1) is 24.0 Å². The number of nitrogens with zero attached hydrogens (tertiary/aromatic N) is 3. The fraction of sp³-hybridized carbons (Fsp3) is 0.462. The van der Waals surface area contributed by atoms with E-state index in [-0.39, 0.29) is 24.0 Å². The molecule has 0 atom stereocenters. The molecule has 1 heterocycles. The molecule has 0 saturated carbocycles. The van der Waals surface area contributed by atoms with E-state index in [1.165, 1.54) is 0 Å². The lowest BCUT2D eigenvalue weighted by Crippen LogP contribution is -2.51. The lowest BCUT2D eigenvalue weighted by molar-refractivity contribution is 0.381. The fourth-order valence-corrected chi connectivity index (χ4v) is 2.40.